The molecule has 0 aliphatic carbocycles. The fraction of sp³-hybridized carbons (Fsp3) is 0.684. The fourth-order valence-corrected chi connectivity index (χ4v) is 4.73. The number of urea groups is 1. The van der Waals surface area contributed by atoms with E-state index in [2.05, 4.69) is 20.9 Å². The van der Waals surface area contributed by atoms with Gasteiger partial charge in [-0.2, -0.15) is 0 Å². The number of carbonyl (C=O) groups excluding carboxylic acids is 1. The van der Waals surface area contributed by atoms with Crippen LogP contribution >= 0.6 is 0 Å². The van der Waals surface area contributed by atoms with Gasteiger partial charge in [-0.15, -0.1) is 0 Å². The van der Waals surface area contributed by atoms with E-state index in [-0.39, 0.29) is 18.2 Å². The average molecular weight is 344 g/mol. The lowest BCUT2D eigenvalue weighted by Gasteiger charge is -2.42. The standard InChI is InChI=1S/C19H28N4O2/c1-25-18-6-10-23(19(24)22-8-2-3-9-22)17-14-21(13-16(17)18)12-15-5-4-7-20-11-15/h4-5,7,11,16-18H,2-3,6,8-10,12-14H2,1H3/t16-,17+,18-/m0/s1. The summed E-state index contributed by atoms with van der Waals surface area (Å²) >= 11 is 0. The van der Waals surface area contributed by atoms with Crippen LogP contribution < -0.4 is 0 Å². The van der Waals surface area contributed by atoms with Gasteiger partial charge >= 0.3 is 6.03 Å². The van der Waals surface area contributed by atoms with Gasteiger partial charge in [0.15, 0.2) is 0 Å². The molecule has 0 aromatic carbocycles. The number of hydrogen-bond donors (Lipinski definition) is 0. The maximum Gasteiger partial charge on any atom is 0.320 e. The number of amides is 2. The predicted molar refractivity (Wildman–Crippen MR) is 95.1 cm³/mol. The van der Waals surface area contributed by atoms with Crippen molar-refractivity contribution in [1.82, 2.24) is 19.7 Å². The molecule has 4 heterocycles. The van der Waals surface area contributed by atoms with Crippen molar-refractivity contribution in [2.75, 3.05) is 39.8 Å². The van der Waals surface area contributed by atoms with Crippen molar-refractivity contribution >= 4 is 6.03 Å². The van der Waals surface area contributed by atoms with Crippen LogP contribution in [-0.4, -0.2) is 77.7 Å². The van der Waals surface area contributed by atoms with E-state index in [9.17, 15) is 4.79 Å². The zero-order chi connectivity index (χ0) is 17.2. The average Bonchev–Trinajstić information content (AvgIpc) is 3.31. The zero-order valence-electron chi connectivity index (χ0n) is 15.0. The van der Waals surface area contributed by atoms with Crippen molar-refractivity contribution in [1.29, 1.82) is 0 Å². The molecule has 0 saturated carbocycles. The minimum Gasteiger partial charge on any atom is -0.381 e. The van der Waals surface area contributed by atoms with E-state index in [1.54, 1.807) is 0 Å². The predicted octanol–water partition coefficient (Wildman–Crippen LogP) is 1.82. The van der Waals surface area contributed by atoms with Gasteiger partial charge in [0, 0.05) is 64.7 Å². The molecular weight excluding hydrogens is 316 g/mol. The Balaban J connectivity index is 1.48. The summed E-state index contributed by atoms with van der Waals surface area (Å²) in [5.74, 6) is 0.405. The smallest absolute Gasteiger partial charge is 0.320 e. The van der Waals surface area contributed by atoms with Crippen molar-refractivity contribution in [3.8, 4) is 0 Å². The molecule has 3 saturated heterocycles. The van der Waals surface area contributed by atoms with Crippen LogP contribution in [0.15, 0.2) is 24.5 Å². The summed E-state index contributed by atoms with van der Waals surface area (Å²) in [6.07, 6.45) is 7.22. The van der Waals surface area contributed by atoms with Crippen LogP contribution in [0, 0.1) is 5.92 Å². The first-order valence-corrected chi connectivity index (χ1v) is 9.46. The van der Waals surface area contributed by atoms with Crippen LogP contribution in [0.3, 0.4) is 0 Å². The van der Waals surface area contributed by atoms with Gasteiger partial charge in [-0.3, -0.25) is 9.88 Å². The topological polar surface area (TPSA) is 48.9 Å². The summed E-state index contributed by atoms with van der Waals surface area (Å²) in [6, 6.07) is 4.61. The molecule has 0 radical (unpaired) electrons. The Morgan fingerprint density at radius 1 is 1.28 bits per heavy atom. The number of pyridine rings is 1. The van der Waals surface area contributed by atoms with Gasteiger partial charge in [-0.1, -0.05) is 6.07 Å². The van der Waals surface area contributed by atoms with Crippen LogP contribution in [0.4, 0.5) is 4.79 Å². The first-order chi connectivity index (χ1) is 12.3. The number of hydrogen-bond acceptors (Lipinski definition) is 4. The number of fused-ring (bicyclic) bond motifs is 1. The van der Waals surface area contributed by atoms with Crippen molar-refractivity contribution in [2.24, 2.45) is 5.92 Å². The van der Waals surface area contributed by atoms with E-state index in [1.807, 2.05) is 30.5 Å². The molecule has 6 nitrogen and oxygen atoms in total. The number of ether oxygens (including phenoxy) is 1. The van der Waals surface area contributed by atoms with Gasteiger partial charge in [0.2, 0.25) is 0 Å². The lowest BCUT2D eigenvalue weighted by atomic mass is 9.89. The summed E-state index contributed by atoms with van der Waals surface area (Å²) in [5, 5.41) is 0. The van der Waals surface area contributed by atoms with Crippen LogP contribution in [-0.2, 0) is 11.3 Å². The molecule has 1 aromatic rings. The molecule has 2 amide bonds. The summed E-state index contributed by atoms with van der Waals surface area (Å²) in [4.78, 5) is 23.8. The molecule has 1 aromatic heterocycles. The second kappa shape index (κ2) is 7.30. The maximum atomic E-state index is 13.0. The Morgan fingerprint density at radius 2 is 2.12 bits per heavy atom. The minimum absolute atomic E-state index is 0.241. The highest BCUT2D eigenvalue weighted by atomic mass is 16.5. The van der Waals surface area contributed by atoms with Gasteiger partial charge in [0.25, 0.3) is 0 Å². The van der Waals surface area contributed by atoms with Gasteiger partial charge in [-0.05, 0) is 30.9 Å². The highest BCUT2D eigenvalue weighted by molar-refractivity contribution is 5.75. The van der Waals surface area contributed by atoms with E-state index in [0.717, 1.165) is 58.5 Å². The van der Waals surface area contributed by atoms with E-state index in [0.29, 0.717) is 5.92 Å². The van der Waals surface area contributed by atoms with Gasteiger partial charge in [-0.25, -0.2) is 4.79 Å². The number of nitrogens with zero attached hydrogens (tertiary/aromatic N) is 4. The summed E-state index contributed by atoms with van der Waals surface area (Å²) < 4.78 is 5.77. The Bertz CT molecular complexity index is 590. The Hall–Kier alpha value is -1.66. The largest absolute Gasteiger partial charge is 0.381 e. The maximum absolute atomic E-state index is 13.0. The van der Waals surface area contributed by atoms with Crippen LogP contribution in [0.5, 0.6) is 0 Å². The van der Waals surface area contributed by atoms with E-state index in [1.165, 1.54) is 5.56 Å². The van der Waals surface area contributed by atoms with Crippen molar-refractivity contribution in [3.05, 3.63) is 30.1 Å². The molecule has 3 aliphatic heterocycles. The number of likely N-dealkylation sites (tertiary alicyclic amines) is 3. The second-order valence-electron chi connectivity index (χ2n) is 7.52. The van der Waals surface area contributed by atoms with Crippen molar-refractivity contribution in [3.63, 3.8) is 0 Å². The minimum atomic E-state index is 0.241. The molecule has 0 N–H and O–H groups in total. The highest BCUT2D eigenvalue weighted by Crippen LogP contribution is 2.34. The molecule has 3 aliphatic rings. The highest BCUT2D eigenvalue weighted by Gasteiger charge is 2.46. The summed E-state index contributed by atoms with van der Waals surface area (Å²) in [6.45, 7) is 5.46. The van der Waals surface area contributed by atoms with Crippen LogP contribution in [0.25, 0.3) is 0 Å². The molecule has 0 bridgehead atoms. The van der Waals surface area contributed by atoms with E-state index in [4.69, 9.17) is 4.74 Å². The molecule has 4 rings (SSSR count). The van der Waals surface area contributed by atoms with Gasteiger partial charge in [0.05, 0.1) is 12.1 Å². The van der Waals surface area contributed by atoms with Crippen molar-refractivity contribution < 1.29 is 9.53 Å². The first-order valence-electron chi connectivity index (χ1n) is 9.46. The second-order valence-corrected chi connectivity index (χ2v) is 7.52. The summed E-state index contributed by atoms with van der Waals surface area (Å²) in [5.41, 5.74) is 1.23. The Labute approximate surface area is 149 Å². The number of aromatic nitrogens is 1. The van der Waals surface area contributed by atoms with Crippen LogP contribution in [0.1, 0.15) is 24.8 Å². The van der Waals surface area contributed by atoms with E-state index >= 15 is 0 Å². The lowest BCUT2D eigenvalue weighted by molar-refractivity contribution is -0.0124. The Kier molecular flexibility index (Phi) is 4.90. The van der Waals surface area contributed by atoms with E-state index < -0.39 is 0 Å². The molecule has 25 heavy (non-hydrogen) atoms. The molecular formula is C19H28N4O2. The monoisotopic (exact) mass is 344 g/mol. The molecule has 136 valence electrons. The molecule has 0 unspecified atom stereocenters. The molecule has 3 fully saturated rings. The Morgan fingerprint density at radius 3 is 2.84 bits per heavy atom. The quantitative estimate of drug-likeness (QED) is 0.839. The number of methoxy groups -OCH3 is 1. The third-order valence-electron chi connectivity index (χ3n) is 5.99. The van der Waals surface area contributed by atoms with Gasteiger partial charge in [0.1, 0.15) is 0 Å². The van der Waals surface area contributed by atoms with Crippen molar-refractivity contribution in [2.45, 2.75) is 38.0 Å². The third kappa shape index (κ3) is 3.37. The third-order valence-corrected chi connectivity index (χ3v) is 5.99. The number of rotatable bonds is 3. The van der Waals surface area contributed by atoms with Gasteiger partial charge < -0.3 is 14.5 Å². The first kappa shape index (κ1) is 16.8. The zero-order valence-corrected chi connectivity index (χ0v) is 15.0. The summed E-state index contributed by atoms with van der Waals surface area (Å²) in [7, 11) is 1.81. The SMILES string of the molecule is CO[C@H]1CCN(C(=O)N2CCCC2)[C@@H]2CN(Cc3cccnc3)C[C@H]12. The molecule has 0 spiro atoms. The van der Waals surface area contributed by atoms with Crippen LogP contribution in [0.2, 0.25) is 0 Å². The molecule has 3 atom stereocenters. The number of carbonyl (C=O) groups is 1. The lowest BCUT2D eigenvalue weighted by Crippen LogP contribution is -2.56. The fourth-order valence-electron chi connectivity index (χ4n) is 4.73. The molecule has 6 heteroatoms. The normalized spacial score (nSPS) is 29.9. The number of piperidine rings is 1.